The van der Waals surface area contributed by atoms with Crippen LogP contribution in [0.1, 0.15) is 90.4 Å². The molecule has 6 aromatic heterocycles. The molecule has 6 heterocycles. The Kier molecular flexibility index (Phi) is 49.9. The first-order valence-corrected chi connectivity index (χ1v) is 44.8. The minimum Gasteiger partial charge on any atom is -0.514 e. The zero-order chi connectivity index (χ0) is 103. The molecule has 18 aromatic rings. The van der Waals surface area contributed by atoms with E-state index in [2.05, 4.69) is 115 Å². The third-order valence-electron chi connectivity index (χ3n) is 22.1. The third kappa shape index (κ3) is 31.7. The maximum atomic E-state index is 13.6. The average molecular weight is 2580 g/mol. The van der Waals surface area contributed by atoms with Crippen LogP contribution in [0.25, 0.3) is 34.1 Å². The number of rotatable bonds is 25. The van der Waals surface area contributed by atoms with E-state index in [4.69, 9.17) is 40.0 Å². The molecule has 0 aliphatic rings. The number of tetrazole rings is 6. The van der Waals surface area contributed by atoms with Gasteiger partial charge in [-0.15, -0.1) is 70.8 Å². The van der Waals surface area contributed by atoms with E-state index in [0.717, 1.165) is 105 Å². The molecule has 762 valence electrons. The van der Waals surface area contributed by atoms with Crippen LogP contribution >= 0.6 is 27.5 Å². The zero-order valence-electron chi connectivity index (χ0n) is 83.5. The van der Waals surface area contributed by atoms with Crippen molar-refractivity contribution in [1.82, 2.24) is 119 Å². The summed E-state index contributed by atoms with van der Waals surface area (Å²) < 4.78 is 130. The molecule has 0 unspecified atom stereocenters. The van der Waals surface area contributed by atoms with E-state index in [9.17, 15) is 55.1 Å². The summed E-state index contributed by atoms with van der Waals surface area (Å²) in [6.07, 6.45) is 0.761. The number of benzene rings is 12. The van der Waals surface area contributed by atoms with Crippen LogP contribution in [-0.4, -0.2) is 119 Å². The van der Waals surface area contributed by atoms with Gasteiger partial charge in [0.1, 0.15) is 39.6 Å². The van der Waals surface area contributed by atoms with Crippen molar-refractivity contribution < 1.29 is 251 Å². The molecule has 0 saturated heterocycles. The molecule has 150 heavy (non-hydrogen) atoms. The van der Waals surface area contributed by atoms with Crippen LogP contribution in [0.3, 0.4) is 0 Å². The molecule has 0 saturated carbocycles. The summed E-state index contributed by atoms with van der Waals surface area (Å²) in [5.41, 5.74) is 12.3. The minimum absolute atomic E-state index is 0. The van der Waals surface area contributed by atoms with Crippen LogP contribution in [0.4, 0.5) is 26.3 Å². The molecule has 0 N–H and O–H groups in total. The Morgan fingerprint density at radius 2 is 0.547 bits per heavy atom. The quantitative estimate of drug-likeness (QED) is 0.0379. The average Bonchev–Trinajstić information content (AvgIpc) is 1.62. The van der Waals surface area contributed by atoms with Gasteiger partial charge in [-0.1, -0.05) is 178 Å². The SMILES string of the molecule is CCc1cccc(-n2nnn(C)c2=O)c1COc1cc[c-]c(F)c1C.Cc1c[c-]c(F)cc1OCc1c(Br)cccc1-n1nnn(C)c1=O.Cc1c[c-]c(F)cc1OCc1c(C)cccc1-n1nnn(C)c1=O.Cc1c[c-]c(F)cc1OCc1c(Cl)cccc1-n1nnn(C)c1=O.Cc1c[c-]c(F)cc1OCc1ccccc1-n1nnn(C)c1=O.Cc1cccc(-n2nnn(C)c2=O)c1COc1cc[c-]c(F)c1C.[Y].[Y].[Y].[Y].[Y].[Y]. The molecule has 0 aliphatic heterocycles. The third-order valence-corrected chi connectivity index (χ3v) is 23.2. The van der Waals surface area contributed by atoms with Crippen LogP contribution < -0.4 is 62.6 Å². The fourth-order valence-corrected chi connectivity index (χ4v) is 14.5. The second-order valence-corrected chi connectivity index (χ2v) is 33.2. The van der Waals surface area contributed by atoms with Crippen molar-refractivity contribution >= 4 is 27.5 Å². The summed E-state index contributed by atoms with van der Waals surface area (Å²) >= 11 is 9.70. The topological polar surface area (TPSA) is 372 Å². The van der Waals surface area contributed by atoms with Crippen molar-refractivity contribution in [2.45, 2.75) is 108 Å². The second kappa shape index (κ2) is 59.2. The van der Waals surface area contributed by atoms with E-state index in [1.807, 2.05) is 89.2 Å². The minimum atomic E-state index is -0.514. The molecule has 12 aromatic carbocycles. The van der Waals surface area contributed by atoms with Gasteiger partial charge in [-0.3, -0.25) is 0 Å². The van der Waals surface area contributed by atoms with Crippen molar-refractivity contribution in [3.63, 3.8) is 0 Å². The standard InChI is InChI=1S/C18H18FN4O2.2C17H16FN4O2.C16H13BrFN4O2.C16H13ClFN4O2.C16H14FN4O2.6Y/c1-4-13-7-5-9-16(23-18(24)22(3)20-21-23)14(13)11-25-17-10-6-8-15(19)12(17)2;1-11-6-4-8-15(22-17(23)21(3)19-20-22)13(11)10-24-16-9-5-7-14(18)12(16)2;1-11-5-4-6-15(22-17(23)21(3)19-20-22)14(11)10-24-16-9-13(18)8-7-12(16)2;2*1-10-6-7-11(18)8-15(10)24-9-12-13(17)4-3-5-14(12)22-16(23)21(2)19-20-22;1-11-7-8-13(17)9-15(11)23-10-12-5-3-4-6-14(12)21-16(22)20(2)18-19-21;;;;;;/h5-7,9-10H,4,11H2,1-3H3;4-6,8-9H,10H2,1-3H3;4-7,9H,10H2,1-3H3;2*3-6,8H,9H2,1-2H3;3-7,9H,10H2,1-2H3;;;;;;/q6*-1;;;;;;. The predicted molar refractivity (Wildman–Crippen MR) is 517 cm³/mol. The Balaban J connectivity index is 0.000000241. The predicted octanol–water partition coefficient (Wildman–Crippen LogP) is 13.3. The molecule has 0 amide bonds. The van der Waals surface area contributed by atoms with Crippen molar-refractivity contribution in [3.8, 4) is 68.6 Å². The first kappa shape index (κ1) is 127. The van der Waals surface area contributed by atoms with Gasteiger partial charge in [-0.05, 0) is 148 Å². The van der Waals surface area contributed by atoms with E-state index < -0.39 is 40.6 Å². The molecule has 6 radical (unpaired) electrons. The maximum Gasteiger partial charge on any atom is 0.368 e. The largest absolute Gasteiger partial charge is 0.514 e. The molecule has 0 bridgehead atoms. The van der Waals surface area contributed by atoms with E-state index in [0.29, 0.717) is 95.9 Å². The van der Waals surface area contributed by atoms with E-state index in [1.165, 1.54) is 126 Å². The van der Waals surface area contributed by atoms with Gasteiger partial charge in [-0.2, -0.15) is 92.6 Å². The summed E-state index contributed by atoms with van der Waals surface area (Å²) in [6, 6.07) is 66.6. The summed E-state index contributed by atoms with van der Waals surface area (Å²) in [5.74, 6) is -0.304. The smallest absolute Gasteiger partial charge is 0.368 e. The summed E-state index contributed by atoms with van der Waals surface area (Å²) in [5, 5.41) is 45.9. The Morgan fingerprint density at radius 3 is 0.887 bits per heavy atom. The molecule has 0 spiro atoms. The van der Waals surface area contributed by atoms with Crippen LogP contribution in [0.15, 0.2) is 221 Å². The Bertz CT molecular complexity index is 7560. The Hall–Kier alpha value is -10.4. The number of hydrogen-bond acceptors (Lipinski definition) is 24. The van der Waals surface area contributed by atoms with Gasteiger partial charge in [0.15, 0.2) is 0 Å². The van der Waals surface area contributed by atoms with Crippen molar-refractivity contribution in [2.75, 3.05) is 0 Å². The van der Waals surface area contributed by atoms with Crippen LogP contribution in [0.2, 0.25) is 5.02 Å². The molecule has 50 heteroatoms. The van der Waals surface area contributed by atoms with Gasteiger partial charge >= 0.3 is 34.1 Å². The Labute approximate surface area is 1020 Å². The molecule has 0 atom stereocenters. The van der Waals surface area contributed by atoms with Crippen LogP contribution in [0.5, 0.6) is 34.5 Å². The monoisotopic (exact) mass is 2580 g/mol. The zero-order valence-corrected chi connectivity index (χ0v) is 103. The van der Waals surface area contributed by atoms with E-state index in [1.54, 1.807) is 100 Å². The fraction of sp³-hybridized carbons (Fsp3) is 0.220. The van der Waals surface area contributed by atoms with E-state index in [-0.39, 0.29) is 264 Å². The van der Waals surface area contributed by atoms with Gasteiger partial charge in [-0.25, -0.2) is 55.1 Å². The first-order chi connectivity index (χ1) is 69.0. The molecule has 0 aliphatic carbocycles. The Morgan fingerprint density at radius 1 is 0.287 bits per heavy atom. The van der Waals surface area contributed by atoms with Crippen molar-refractivity contribution in [2.24, 2.45) is 42.3 Å². The van der Waals surface area contributed by atoms with Gasteiger partial charge in [0.2, 0.25) is 0 Å². The summed E-state index contributed by atoms with van der Waals surface area (Å²) in [6.45, 7) is 17.2. The molecular formula is C100H90BrClF6N24O12Y6-6. The number of para-hydroxylation sites is 1. The molecule has 0 fully saturated rings. The van der Waals surface area contributed by atoms with Crippen molar-refractivity contribution in [1.29, 1.82) is 0 Å². The number of nitrogens with zero attached hydrogens (tertiary/aromatic N) is 24. The number of aryl methyl sites for hydroxylation is 13. The number of ether oxygens (including phenoxy) is 6. The number of hydrogen-bond donors (Lipinski definition) is 0. The maximum absolute atomic E-state index is 13.6. The summed E-state index contributed by atoms with van der Waals surface area (Å²) in [4.78, 5) is 72.6. The van der Waals surface area contributed by atoms with Gasteiger partial charge in [0.25, 0.3) is 0 Å². The van der Waals surface area contributed by atoms with Gasteiger partial charge < -0.3 is 28.4 Å². The normalized spacial score (nSPS) is 10.4. The van der Waals surface area contributed by atoms with Crippen LogP contribution in [0, 0.1) is 127 Å². The number of halogens is 8. The van der Waals surface area contributed by atoms with Gasteiger partial charge in [0.05, 0.1) is 34.1 Å². The van der Waals surface area contributed by atoms with E-state index >= 15 is 0 Å². The summed E-state index contributed by atoms with van der Waals surface area (Å²) in [7, 11) is 9.15. The fourth-order valence-electron chi connectivity index (χ4n) is 13.8. The van der Waals surface area contributed by atoms with Crippen molar-refractivity contribution in [3.05, 3.63) is 415 Å². The second-order valence-electron chi connectivity index (χ2n) is 31.9. The number of aromatic nitrogens is 24. The first-order valence-electron chi connectivity index (χ1n) is 43.7. The molecular weight excluding hydrogens is 2490 g/mol. The van der Waals surface area contributed by atoms with Gasteiger partial charge in [0, 0.05) is 351 Å². The van der Waals surface area contributed by atoms with Crippen LogP contribution in [-0.2, 0) is 285 Å². The molecule has 36 nitrogen and oxygen atoms in total. The molecule has 18 rings (SSSR count).